The number of benzene rings is 3. The maximum atomic E-state index is 12.9. The molecular weight excluding hydrogens is 335 g/mol. The van der Waals surface area contributed by atoms with E-state index in [0.29, 0.717) is 16.9 Å². The van der Waals surface area contributed by atoms with Crippen molar-refractivity contribution in [3.8, 4) is 0 Å². The number of thioether (sulfide) groups is 1. The van der Waals surface area contributed by atoms with Gasteiger partial charge in [0.15, 0.2) is 0 Å². The number of nitrogens with two attached hydrogens (primary N) is 1. The first-order valence-electron chi connectivity index (χ1n) is 7.75. The van der Waals surface area contributed by atoms with Crippen LogP contribution in [-0.2, 0) is 5.75 Å². The van der Waals surface area contributed by atoms with Crippen molar-refractivity contribution in [2.24, 2.45) is 0 Å². The number of amides is 1. The van der Waals surface area contributed by atoms with Crippen LogP contribution >= 0.6 is 11.8 Å². The molecule has 3 rings (SSSR count). The Morgan fingerprint density at radius 3 is 2.32 bits per heavy atom. The largest absolute Gasteiger partial charge is 0.397 e. The minimum atomic E-state index is -0.237. The fourth-order valence-electron chi connectivity index (χ4n) is 2.26. The lowest BCUT2D eigenvalue weighted by Crippen LogP contribution is -2.13. The Morgan fingerprint density at radius 2 is 1.64 bits per heavy atom. The van der Waals surface area contributed by atoms with Crippen molar-refractivity contribution in [3.05, 3.63) is 89.7 Å². The molecule has 0 aliphatic rings. The van der Waals surface area contributed by atoms with Crippen LogP contribution in [0.3, 0.4) is 0 Å². The van der Waals surface area contributed by atoms with Crippen molar-refractivity contribution in [3.63, 3.8) is 0 Å². The van der Waals surface area contributed by atoms with Crippen LogP contribution < -0.4 is 11.1 Å². The highest BCUT2D eigenvalue weighted by Gasteiger charge is 2.08. The first kappa shape index (κ1) is 17.0. The molecule has 0 bridgehead atoms. The second kappa shape index (κ2) is 7.85. The van der Waals surface area contributed by atoms with Crippen LogP contribution in [0.2, 0.25) is 0 Å². The van der Waals surface area contributed by atoms with Gasteiger partial charge in [0.2, 0.25) is 0 Å². The average molecular weight is 352 g/mol. The predicted octanol–water partition coefficient (Wildman–Crippen LogP) is 4.95. The molecule has 5 heteroatoms. The number of carbonyl (C=O) groups is 1. The van der Waals surface area contributed by atoms with Gasteiger partial charge in [0, 0.05) is 16.2 Å². The number of halogens is 1. The highest BCUT2D eigenvalue weighted by molar-refractivity contribution is 7.98. The fraction of sp³-hybridized carbons (Fsp3) is 0.0500. The van der Waals surface area contributed by atoms with Gasteiger partial charge in [-0.3, -0.25) is 4.79 Å². The Bertz CT molecular complexity index is 864. The lowest BCUT2D eigenvalue weighted by molar-refractivity contribution is 0.102. The summed E-state index contributed by atoms with van der Waals surface area (Å²) in [6, 6.07) is 21.0. The van der Waals surface area contributed by atoms with Crippen LogP contribution in [0, 0.1) is 5.82 Å². The highest BCUT2D eigenvalue weighted by atomic mass is 32.2. The molecule has 3 aromatic carbocycles. The van der Waals surface area contributed by atoms with Crippen molar-refractivity contribution in [1.29, 1.82) is 0 Å². The topological polar surface area (TPSA) is 55.1 Å². The molecule has 0 unspecified atom stereocenters. The average Bonchev–Trinajstić information content (AvgIpc) is 2.63. The van der Waals surface area contributed by atoms with Crippen LogP contribution in [0.4, 0.5) is 15.8 Å². The first-order chi connectivity index (χ1) is 12.1. The minimum Gasteiger partial charge on any atom is -0.397 e. The number of para-hydroxylation sites is 2. The Hall–Kier alpha value is -2.79. The van der Waals surface area contributed by atoms with Crippen molar-refractivity contribution < 1.29 is 9.18 Å². The molecule has 126 valence electrons. The predicted molar refractivity (Wildman–Crippen MR) is 101 cm³/mol. The number of rotatable bonds is 5. The summed E-state index contributed by atoms with van der Waals surface area (Å²) >= 11 is 1.62. The van der Waals surface area contributed by atoms with Crippen LogP contribution in [0.1, 0.15) is 15.9 Å². The van der Waals surface area contributed by atoms with E-state index in [1.807, 2.05) is 24.3 Å². The van der Waals surface area contributed by atoms with Crippen molar-refractivity contribution in [1.82, 2.24) is 0 Å². The molecule has 0 heterocycles. The molecule has 0 saturated carbocycles. The molecule has 0 spiro atoms. The highest BCUT2D eigenvalue weighted by Crippen LogP contribution is 2.23. The van der Waals surface area contributed by atoms with Crippen LogP contribution in [0.5, 0.6) is 0 Å². The van der Waals surface area contributed by atoms with Gasteiger partial charge in [0.05, 0.1) is 11.4 Å². The fourth-order valence-corrected chi connectivity index (χ4v) is 3.11. The van der Waals surface area contributed by atoms with Crippen LogP contribution in [0.25, 0.3) is 0 Å². The second-order valence-electron chi connectivity index (χ2n) is 5.48. The molecule has 0 radical (unpaired) electrons. The maximum absolute atomic E-state index is 12.9. The van der Waals surface area contributed by atoms with Gasteiger partial charge < -0.3 is 11.1 Å². The lowest BCUT2D eigenvalue weighted by Gasteiger charge is -2.08. The molecule has 0 atom stereocenters. The van der Waals surface area contributed by atoms with Crippen molar-refractivity contribution in [2.75, 3.05) is 11.1 Å². The van der Waals surface area contributed by atoms with Gasteiger partial charge >= 0.3 is 0 Å². The van der Waals surface area contributed by atoms with Gasteiger partial charge in [-0.05, 0) is 54.1 Å². The van der Waals surface area contributed by atoms with Crippen molar-refractivity contribution >= 4 is 29.0 Å². The molecular formula is C20H17FN2OS. The van der Waals surface area contributed by atoms with Crippen LogP contribution in [0.15, 0.2) is 77.7 Å². The summed E-state index contributed by atoms with van der Waals surface area (Å²) in [4.78, 5) is 13.3. The molecule has 0 fully saturated rings. The van der Waals surface area contributed by atoms with Crippen molar-refractivity contribution in [2.45, 2.75) is 10.6 Å². The molecule has 0 aliphatic carbocycles. The number of hydrogen-bond acceptors (Lipinski definition) is 3. The molecule has 0 aromatic heterocycles. The van der Waals surface area contributed by atoms with E-state index < -0.39 is 0 Å². The monoisotopic (exact) mass is 352 g/mol. The van der Waals surface area contributed by atoms with Gasteiger partial charge in [-0.2, -0.15) is 0 Å². The van der Waals surface area contributed by atoms with Gasteiger partial charge in [-0.1, -0.05) is 24.3 Å². The summed E-state index contributed by atoms with van der Waals surface area (Å²) in [5.74, 6) is 0.313. The Kier molecular flexibility index (Phi) is 5.36. The quantitative estimate of drug-likeness (QED) is 0.504. The Labute approximate surface area is 150 Å². The van der Waals surface area contributed by atoms with E-state index in [2.05, 4.69) is 5.32 Å². The van der Waals surface area contributed by atoms with Gasteiger partial charge in [-0.15, -0.1) is 11.8 Å². The number of carbonyl (C=O) groups excluding carboxylic acids is 1. The molecule has 1 amide bonds. The summed E-state index contributed by atoms with van der Waals surface area (Å²) in [5, 5.41) is 2.80. The number of hydrogen-bond donors (Lipinski definition) is 2. The number of nitrogens with one attached hydrogen (secondary N) is 1. The van der Waals surface area contributed by atoms with Gasteiger partial charge in [0.25, 0.3) is 5.91 Å². The molecule has 0 aliphatic heterocycles. The summed E-state index contributed by atoms with van der Waals surface area (Å²) in [7, 11) is 0. The summed E-state index contributed by atoms with van der Waals surface area (Å²) < 4.78 is 12.9. The SMILES string of the molecule is Nc1ccccc1NC(=O)c1ccc(CSc2ccc(F)cc2)cc1. The van der Waals surface area contributed by atoms with E-state index in [9.17, 15) is 9.18 Å². The van der Waals surface area contributed by atoms with E-state index in [-0.39, 0.29) is 11.7 Å². The summed E-state index contributed by atoms with van der Waals surface area (Å²) in [6.45, 7) is 0. The lowest BCUT2D eigenvalue weighted by atomic mass is 10.1. The third kappa shape index (κ3) is 4.61. The van der Waals surface area contributed by atoms with E-state index in [1.54, 1.807) is 48.2 Å². The first-order valence-corrected chi connectivity index (χ1v) is 8.73. The Balaban J connectivity index is 1.60. The third-order valence-electron chi connectivity index (χ3n) is 3.64. The standard InChI is InChI=1S/C20H17FN2OS/c21-16-9-11-17(12-10-16)25-13-14-5-7-15(8-6-14)20(24)23-19-4-2-1-3-18(19)22/h1-12H,13,22H2,(H,23,24). The second-order valence-corrected chi connectivity index (χ2v) is 6.53. The molecule has 25 heavy (non-hydrogen) atoms. The van der Waals surface area contributed by atoms with E-state index in [4.69, 9.17) is 5.73 Å². The third-order valence-corrected chi connectivity index (χ3v) is 4.73. The van der Waals surface area contributed by atoms with E-state index in [0.717, 1.165) is 16.2 Å². The Morgan fingerprint density at radius 1 is 0.960 bits per heavy atom. The maximum Gasteiger partial charge on any atom is 0.255 e. The van der Waals surface area contributed by atoms with Gasteiger partial charge in [0.1, 0.15) is 5.82 Å². The van der Waals surface area contributed by atoms with E-state index >= 15 is 0 Å². The smallest absolute Gasteiger partial charge is 0.255 e. The molecule has 3 N–H and O–H groups in total. The molecule has 3 aromatic rings. The van der Waals surface area contributed by atoms with E-state index in [1.165, 1.54) is 12.1 Å². The molecule has 3 nitrogen and oxygen atoms in total. The zero-order valence-corrected chi connectivity index (χ0v) is 14.2. The molecule has 0 saturated heterocycles. The van der Waals surface area contributed by atoms with Gasteiger partial charge in [-0.25, -0.2) is 4.39 Å². The van der Waals surface area contributed by atoms with Crippen LogP contribution in [-0.4, -0.2) is 5.91 Å². The normalized spacial score (nSPS) is 10.4. The summed E-state index contributed by atoms with van der Waals surface area (Å²) in [6.07, 6.45) is 0. The minimum absolute atomic E-state index is 0.198. The summed E-state index contributed by atoms with van der Waals surface area (Å²) in [5.41, 5.74) is 8.62. The zero-order valence-electron chi connectivity index (χ0n) is 13.4. The number of nitrogen functional groups attached to an aromatic ring is 1. The zero-order chi connectivity index (χ0) is 17.6. The number of anilines is 2.